The van der Waals surface area contributed by atoms with E-state index in [2.05, 4.69) is 5.32 Å². The number of aryl methyl sites for hydroxylation is 2. The Morgan fingerprint density at radius 2 is 1.71 bits per heavy atom. The molecule has 3 aromatic rings. The minimum atomic E-state index is -4.25. The number of sulfonamides is 1. The standard InChI is InChI=1S/C31H38ClN3O5S/c1-6-7-18-33-31(37)24(4)34(20-25-11-9-8-10-23(25)3)30(36)21-35(28-19-26(32)14-17-29(28)40-5)41(38,39)27-15-12-22(2)13-16-27/h8-17,19,24H,6-7,18,20-21H2,1-5H3,(H,33,37)/t24-/m0/s1. The second-order valence-corrected chi connectivity index (χ2v) is 12.2. The molecule has 1 atom stereocenters. The van der Waals surface area contributed by atoms with Gasteiger partial charge in [0.05, 0.1) is 17.7 Å². The summed E-state index contributed by atoms with van der Waals surface area (Å²) in [5.74, 6) is -0.633. The molecule has 0 aliphatic rings. The first-order valence-electron chi connectivity index (χ1n) is 13.5. The smallest absolute Gasteiger partial charge is 0.264 e. The molecule has 0 bridgehead atoms. The number of carbonyl (C=O) groups is 2. The molecule has 0 aromatic heterocycles. The molecule has 0 aliphatic carbocycles. The van der Waals surface area contributed by atoms with Gasteiger partial charge in [-0.15, -0.1) is 0 Å². The van der Waals surface area contributed by atoms with Crippen LogP contribution in [-0.2, 0) is 26.2 Å². The van der Waals surface area contributed by atoms with Crippen molar-refractivity contribution in [3.8, 4) is 5.75 Å². The van der Waals surface area contributed by atoms with Crippen molar-refractivity contribution in [1.29, 1.82) is 0 Å². The third kappa shape index (κ3) is 8.01. The lowest BCUT2D eigenvalue weighted by atomic mass is 10.1. The topological polar surface area (TPSA) is 96.0 Å². The highest BCUT2D eigenvalue weighted by molar-refractivity contribution is 7.92. The van der Waals surface area contributed by atoms with Crippen LogP contribution in [0.2, 0.25) is 5.02 Å². The lowest BCUT2D eigenvalue weighted by molar-refractivity contribution is -0.139. The highest BCUT2D eigenvalue weighted by atomic mass is 35.5. The van der Waals surface area contributed by atoms with E-state index in [0.29, 0.717) is 6.54 Å². The van der Waals surface area contributed by atoms with Crippen LogP contribution in [0.15, 0.2) is 71.6 Å². The average molecular weight is 600 g/mol. The SMILES string of the molecule is CCCCNC(=O)[C@H](C)N(Cc1ccccc1C)C(=O)CN(c1cc(Cl)ccc1OC)S(=O)(=O)c1ccc(C)cc1. The Morgan fingerprint density at radius 3 is 2.34 bits per heavy atom. The van der Waals surface area contributed by atoms with E-state index in [0.717, 1.165) is 33.8 Å². The molecule has 0 unspecified atom stereocenters. The third-order valence-electron chi connectivity index (χ3n) is 6.90. The maximum Gasteiger partial charge on any atom is 0.264 e. The summed E-state index contributed by atoms with van der Waals surface area (Å²) in [6, 6.07) is 17.7. The van der Waals surface area contributed by atoms with E-state index < -0.39 is 28.5 Å². The van der Waals surface area contributed by atoms with Crippen molar-refractivity contribution in [3.05, 3.63) is 88.4 Å². The first-order chi connectivity index (χ1) is 19.5. The minimum Gasteiger partial charge on any atom is -0.495 e. The molecule has 0 spiro atoms. The van der Waals surface area contributed by atoms with Crippen LogP contribution < -0.4 is 14.4 Å². The van der Waals surface area contributed by atoms with Gasteiger partial charge in [0.15, 0.2) is 0 Å². The Labute approximate surface area is 248 Å². The molecule has 3 rings (SSSR count). The van der Waals surface area contributed by atoms with E-state index >= 15 is 0 Å². The van der Waals surface area contributed by atoms with Crippen LogP contribution in [-0.4, -0.2) is 51.4 Å². The summed E-state index contributed by atoms with van der Waals surface area (Å²) in [4.78, 5) is 28.6. The largest absolute Gasteiger partial charge is 0.495 e. The van der Waals surface area contributed by atoms with E-state index in [4.69, 9.17) is 16.3 Å². The van der Waals surface area contributed by atoms with Crippen LogP contribution in [0.25, 0.3) is 0 Å². The van der Waals surface area contributed by atoms with Crippen LogP contribution >= 0.6 is 11.6 Å². The summed E-state index contributed by atoms with van der Waals surface area (Å²) in [6.45, 7) is 7.49. The molecule has 10 heteroatoms. The van der Waals surface area contributed by atoms with Gasteiger partial charge in [0.2, 0.25) is 11.8 Å². The summed E-state index contributed by atoms with van der Waals surface area (Å²) in [6.07, 6.45) is 1.72. The molecule has 8 nitrogen and oxygen atoms in total. The highest BCUT2D eigenvalue weighted by Crippen LogP contribution is 2.35. The van der Waals surface area contributed by atoms with Crippen LogP contribution in [0.4, 0.5) is 5.69 Å². The van der Waals surface area contributed by atoms with Gasteiger partial charge in [0, 0.05) is 18.1 Å². The van der Waals surface area contributed by atoms with Crippen molar-refractivity contribution >= 4 is 39.1 Å². The van der Waals surface area contributed by atoms with Gasteiger partial charge < -0.3 is 15.0 Å². The van der Waals surface area contributed by atoms with Gasteiger partial charge in [-0.3, -0.25) is 13.9 Å². The number of methoxy groups -OCH3 is 1. The number of ether oxygens (including phenoxy) is 1. The Hall–Kier alpha value is -3.56. The predicted molar refractivity (Wildman–Crippen MR) is 163 cm³/mol. The normalized spacial score (nSPS) is 12.0. The number of anilines is 1. The molecule has 2 amide bonds. The van der Waals surface area contributed by atoms with Gasteiger partial charge in [-0.1, -0.05) is 66.9 Å². The molecule has 3 aromatic carbocycles. The zero-order valence-corrected chi connectivity index (χ0v) is 25.8. The summed E-state index contributed by atoms with van der Waals surface area (Å²) in [5, 5.41) is 3.16. The Morgan fingerprint density at radius 1 is 1.02 bits per heavy atom. The van der Waals surface area contributed by atoms with Gasteiger partial charge >= 0.3 is 0 Å². The van der Waals surface area contributed by atoms with Crippen molar-refractivity contribution in [2.45, 2.75) is 58.0 Å². The fraction of sp³-hybridized carbons (Fsp3) is 0.355. The van der Waals surface area contributed by atoms with E-state index in [1.165, 1.54) is 30.2 Å². The predicted octanol–water partition coefficient (Wildman–Crippen LogP) is 5.49. The number of hydrogen-bond acceptors (Lipinski definition) is 5. The van der Waals surface area contributed by atoms with E-state index in [1.54, 1.807) is 31.2 Å². The van der Waals surface area contributed by atoms with Gasteiger partial charge in [-0.2, -0.15) is 0 Å². The van der Waals surface area contributed by atoms with Crippen LogP contribution in [0.5, 0.6) is 5.75 Å². The summed E-state index contributed by atoms with van der Waals surface area (Å²) in [7, 11) is -2.83. The lowest BCUT2D eigenvalue weighted by Crippen LogP contribution is -2.51. The van der Waals surface area contributed by atoms with Gasteiger partial charge in [-0.25, -0.2) is 8.42 Å². The first-order valence-corrected chi connectivity index (χ1v) is 15.4. The number of carbonyl (C=O) groups excluding carboxylic acids is 2. The minimum absolute atomic E-state index is 0.00809. The third-order valence-corrected chi connectivity index (χ3v) is 8.91. The number of hydrogen-bond donors (Lipinski definition) is 1. The van der Waals surface area contributed by atoms with Crippen LogP contribution in [0.1, 0.15) is 43.4 Å². The second kappa shape index (κ2) is 14.4. The summed E-state index contributed by atoms with van der Waals surface area (Å²) in [5.41, 5.74) is 2.80. The quantitative estimate of drug-likeness (QED) is 0.262. The van der Waals surface area contributed by atoms with E-state index in [-0.39, 0.29) is 33.8 Å². The lowest BCUT2D eigenvalue weighted by Gasteiger charge is -2.32. The van der Waals surface area contributed by atoms with Crippen molar-refractivity contribution in [2.75, 3.05) is 24.5 Å². The van der Waals surface area contributed by atoms with Crippen molar-refractivity contribution < 1.29 is 22.7 Å². The van der Waals surface area contributed by atoms with Crippen molar-refractivity contribution in [3.63, 3.8) is 0 Å². The monoisotopic (exact) mass is 599 g/mol. The van der Waals surface area contributed by atoms with Crippen LogP contribution in [0, 0.1) is 13.8 Å². The maximum atomic E-state index is 14.1. The molecule has 0 saturated heterocycles. The first kappa shape index (κ1) is 32.0. The molecule has 0 radical (unpaired) electrons. The molecule has 0 fully saturated rings. The molecular weight excluding hydrogens is 562 g/mol. The Balaban J connectivity index is 2.08. The molecule has 0 aliphatic heterocycles. The molecule has 220 valence electrons. The molecule has 1 N–H and O–H groups in total. The van der Waals surface area contributed by atoms with Gasteiger partial charge in [-0.05, 0) is 68.7 Å². The van der Waals surface area contributed by atoms with Crippen molar-refractivity contribution in [1.82, 2.24) is 10.2 Å². The number of unbranched alkanes of at least 4 members (excludes halogenated alkanes) is 1. The van der Waals surface area contributed by atoms with Gasteiger partial charge in [0.1, 0.15) is 18.3 Å². The molecule has 0 heterocycles. The number of rotatable bonds is 13. The number of benzene rings is 3. The second-order valence-electron chi connectivity index (χ2n) is 9.91. The Bertz CT molecular complexity index is 1460. The summed E-state index contributed by atoms with van der Waals surface area (Å²) < 4.78 is 34.6. The molecule has 0 saturated carbocycles. The van der Waals surface area contributed by atoms with E-state index in [1.807, 2.05) is 45.0 Å². The number of amides is 2. The molecular formula is C31H38ClN3O5S. The summed E-state index contributed by atoms with van der Waals surface area (Å²) >= 11 is 6.29. The zero-order valence-electron chi connectivity index (χ0n) is 24.2. The zero-order chi connectivity index (χ0) is 30.2. The fourth-order valence-corrected chi connectivity index (χ4v) is 5.88. The average Bonchev–Trinajstić information content (AvgIpc) is 2.95. The number of halogens is 1. The van der Waals surface area contributed by atoms with Gasteiger partial charge in [0.25, 0.3) is 10.0 Å². The number of nitrogens with one attached hydrogen (secondary N) is 1. The van der Waals surface area contributed by atoms with Crippen LogP contribution in [0.3, 0.4) is 0 Å². The molecule has 41 heavy (non-hydrogen) atoms. The fourth-order valence-electron chi connectivity index (χ4n) is 4.30. The maximum absolute atomic E-state index is 14.1. The van der Waals surface area contributed by atoms with Crippen molar-refractivity contribution in [2.24, 2.45) is 0 Å². The highest BCUT2D eigenvalue weighted by Gasteiger charge is 2.34. The van der Waals surface area contributed by atoms with E-state index in [9.17, 15) is 18.0 Å². The number of nitrogens with zero attached hydrogens (tertiary/aromatic N) is 2. The Kier molecular flexibility index (Phi) is 11.2.